The fourth-order valence-corrected chi connectivity index (χ4v) is 4.05. The molecule has 0 aliphatic carbocycles. The van der Waals surface area contributed by atoms with Crippen LogP contribution in [0.4, 0.5) is 13.2 Å². The number of halogens is 3. The van der Waals surface area contributed by atoms with Gasteiger partial charge in [-0.25, -0.2) is 0 Å². The maximum Gasteiger partial charge on any atom is 0.423 e. The zero-order chi connectivity index (χ0) is 20.4. The molecule has 1 amide bonds. The number of hydrogen-bond donors (Lipinski definition) is 3. The number of alkyl halides is 3. The number of guanidine groups is 1. The van der Waals surface area contributed by atoms with Gasteiger partial charge in [0.2, 0.25) is 11.5 Å². The highest BCUT2D eigenvalue weighted by Crippen LogP contribution is 2.39. The first-order valence-corrected chi connectivity index (χ1v) is 9.26. The van der Waals surface area contributed by atoms with Crippen LogP contribution in [-0.4, -0.2) is 61.3 Å². The maximum absolute atomic E-state index is 13.7. The Morgan fingerprint density at radius 3 is 2.64 bits per heavy atom. The molecule has 6 nitrogen and oxygen atoms in total. The highest BCUT2D eigenvalue weighted by molar-refractivity contribution is 5.81. The average Bonchev–Trinajstić information content (AvgIpc) is 3.01. The fourth-order valence-electron chi connectivity index (χ4n) is 4.05. The van der Waals surface area contributed by atoms with E-state index in [4.69, 9.17) is 0 Å². The third-order valence-electron chi connectivity index (χ3n) is 5.59. The quantitative estimate of drug-likeness (QED) is 0.534. The predicted octanol–water partition coefficient (Wildman–Crippen LogP) is 1.61. The van der Waals surface area contributed by atoms with Crippen molar-refractivity contribution < 1.29 is 23.1 Å². The number of carbonyl (C=O) groups excluding carboxylic acids is 1. The van der Waals surface area contributed by atoms with Crippen molar-refractivity contribution in [3.8, 4) is 0 Å². The minimum Gasteiger partial charge on any atom is -0.375 e. The summed E-state index contributed by atoms with van der Waals surface area (Å²) in [7, 11) is 1.50. The van der Waals surface area contributed by atoms with Crippen LogP contribution in [0.15, 0.2) is 35.3 Å². The van der Waals surface area contributed by atoms with E-state index >= 15 is 0 Å². The van der Waals surface area contributed by atoms with Crippen molar-refractivity contribution in [3.05, 3.63) is 35.9 Å². The first-order valence-electron chi connectivity index (χ1n) is 9.26. The van der Waals surface area contributed by atoms with Crippen LogP contribution in [0.3, 0.4) is 0 Å². The predicted molar refractivity (Wildman–Crippen MR) is 98.6 cm³/mol. The van der Waals surface area contributed by atoms with E-state index in [1.807, 2.05) is 4.90 Å². The summed E-state index contributed by atoms with van der Waals surface area (Å²) in [5, 5.41) is 16.0. The number of rotatable bonds is 3. The molecule has 1 aromatic carbocycles. The largest absolute Gasteiger partial charge is 0.423 e. The van der Waals surface area contributed by atoms with Gasteiger partial charge >= 0.3 is 6.18 Å². The Balaban J connectivity index is 1.74. The molecule has 1 aromatic rings. The summed E-state index contributed by atoms with van der Waals surface area (Å²) in [5.41, 5.74) is -3.49. The number of nitrogens with one attached hydrogen (secondary N) is 2. The number of likely N-dealkylation sites (tertiary alicyclic amines) is 1. The van der Waals surface area contributed by atoms with Crippen molar-refractivity contribution in [3.63, 3.8) is 0 Å². The van der Waals surface area contributed by atoms with Gasteiger partial charge in [0.15, 0.2) is 5.96 Å². The molecule has 1 spiro atoms. The lowest BCUT2D eigenvalue weighted by molar-refractivity contribution is -0.263. The van der Waals surface area contributed by atoms with E-state index in [1.54, 1.807) is 6.07 Å². The lowest BCUT2D eigenvalue weighted by Crippen LogP contribution is -2.56. The second-order valence-electron chi connectivity index (χ2n) is 7.60. The standard InChI is InChI=1S/C19H25F3N4O2/c1-23-16(26-9-5-8-17(13-26)10-15(27)24-11-17)25-12-18(28,19(20,21)22)14-6-3-2-4-7-14/h2-4,6-7,28H,5,8-13H2,1H3,(H,23,25)(H,24,27). The molecule has 2 atom stereocenters. The molecule has 0 saturated carbocycles. The summed E-state index contributed by atoms with van der Waals surface area (Å²) in [6.07, 6.45) is -2.74. The topological polar surface area (TPSA) is 77.0 Å². The molecule has 3 rings (SSSR count). The van der Waals surface area contributed by atoms with E-state index in [0.29, 0.717) is 26.1 Å². The van der Waals surface area contributed by atoms with E-state index in [1.165, 1.54) is 31.3 Å². The Hall–Kier alpha value is -2.29. The van der Waals surface area contributed by atoms with Crippen LogP contribution in [0.2, 0.25) is 0 Å². The van der Waals surface area contributed by atoms with Crippen LogP contribution in [0.1, 0.15) is 24.8 Å². The van der Waals surface area contributed by atoms with E-state index in [0.717, 1.165) is 12.8 Å². The Morgan fingerprint density at radius 2 is 2.07 bits per heavy atom. The first-order chi connectivity index (χ1) is 13.2. The minimum atomic E-state index is -4.86. The van der Waals surface area contributed by atoms with Gasteiger partial charge in [-0.05, 0) is 18.4 Å². The van der Waals surface area contributed by atoms with Gasteiger partial charge in [-0.3, -0.25) is 9.79 Å². The molecular formula is C19H25F3N4O2. The lowest BCUT2D eigenvalue weighted by atomic mass is 9.79. The van der Waals surface area contributed by atoms with Crippen molar-refractivity contribution in [2.75, 3.05) is 33.2 Å². The first kappa shape index (κ1) is 20.4. The second-order valence-corrected chi connectivity index (χ2v) is 7.60. The van der Waals surface area contributed by atoms with Gasteiger partial charge in [0.25, 0.3) is 0 Å². The van der Waals surface area contributed by atoms with Crippen molar-refractivity contribution in [1.29, 1.82) is 0 Å². The Kier molecular flexibility index (Phi) is 5.56. The number of aliphatic imine (C=N–C) groups is 1. The van der Waals surface area contributed by atoms with E-state index < -0.39 is 18.3 Å². The summed E-state index contributed by atoms with van der Waals surface area (Å²) in [5.74, 6) is 0.289. The van der Waals surface area contributed by atoms with Gasteiger partial charge in [0, 0.05) is 38.5 Å². The molecule has 9 heteroatoms. The van der Waals surface area contributed by atoms with E-state index in [2.05, 4.69) is 15.6 Å². The number of amides is 1. The monoisotopic (exact) mass is 398 g/mol. The number of carbonyl (C=O) groups is 1. The zero-order valence-electron chi connectivity index (χ0n) is 15.7. The number of hydrogen-bond acceptors (Lipinski definition) is 3. The highest BCUT2D eigenvalue weighted by Gasteiger charge is 2.55. The second kappa shape index (κ2) is 7.62. The zero-order valence-corrected chi connectivity index (χ0v) is 15.7. The third kappa shape index (κ3) is 3.94. The van der Waals surface area contributed by atoms with Crippen LogP contribution in [0, 0.1) is 5.41 Å². The summed E-state index contributed by atoms with van der Waals surface area (Å²) < 4.78 is 41.0. The molecular weight excluding hydrogens is 373 g/mol. The number of piperidine rings is 1. The summed E-state index contributed by atoms with van der Waals surface area (Å²) >= 11 is 0. The van der Waals surface area contributed by atoms with Crippen molar-refractivity contribution >= 4 is 11.9 Å². The molecule has 2 heterocycles. The van der Waals surface area contributed by atoms with Gasteiger partial charge in [-0.1, -0.05) is 30.3 Å². The SMILES string of the molecule is CN=C(NCC(O)(c1ccccc1)C(F)(F)F)N1CCCC2(CNC(=O)C2)C1. The summed E-state index contributed by atoms with van der Waals surface area (Å²) in [6.45, 7) is 0.969. The number of aliphatic hydroxyl groups is 1. The van der Waals surface area contributed by atoms with Crippen LogP contribution >= 0.6 is 0 Å². The molecule has 2 saturated heterocycles. The van der Waals surface area contributed by atoms with E-state index in [-0.39, 0.29) is 22.8 Å². The molecule has 0 aromatic heterocycles. The Labute approximate surface area is 161 Å². The van der Waals surface area contributed by atoms with Crippen molar-refractivity contribution in [2.45, 2.75) is 31.0 Å². The molecule has 154 valence electrons. The molecule has 2 fully saturated rings. The van der Waals surface area contributed by atoms with Crippen molar-refractivity contribution in [1.82, 2.24) is 15.5 Å². The van der Waals surface area contributed by atoms with Gasteiger partial charge in [-0.15, -0.1) is 0 Å². The van der Waals surface area contributed by atoms with Crippen LogP contribution in [-0.2, 0) is 10.4 Å². The maximum atomic E-state index is 13.7. The van der Waals surface area contributed by atoms with Gasteiger partial charge < -0.3 is 20.6 Å². The molecule has 0 radical (unpaired) electrons. The molecule has 2 aliphatic rings. The summed E-state index contributed by atoms with van der Waals surface area (Å²) in [4.78, 5) is 17.6. The molecule has 2 unspecified atom stereocenters. The Bertz CT molecular complexity index is 740. The smallest absolute Gasteiger partial charge is 0.375 e. The Morgan fingerprint density at radius 1 is 1.36 bits per heavy atom. The van der Waals surface area contributed by atoms with Gasteiger partial charge in [-0.2, -0.15) is 13.2 Å². The van der Waals surface area contributed by atoms with Gasteiger partial charge in [0.05, 0.1) is 6.54 Å². The summed E-state index contributed by atoms with van der Waals surface area (Å²) in [6, 6.07) is 7.02. The van der Waals surface area contributed by atoms with Crippen LogP contribution in [0.5, 0.6) is 0 Å². The normalized spacial score (nSPS) is 25.5. The number of benzene rings is 1. The molecule has 3 N–H and O–H groups in total. The fraction of sp³-hybridized carbons (Fsp3) is 0.579. The minimum absolute atomic E-state index is 0.000297. The number of nitrogens with zero attached hydrogens (tertiary/aromatic N) is 2. The third-order valence-corrected chi connectivity index (χ3v) is 5.59. The van der Waals surface area contributed by atoms with Gasteiger partial charge in [0.1, 0.15) is 0 Å². The lowest BCUT2D eigenvalue weighted by Gasteiger charge is -2.41. The molecule has 28 heavy (non-hydrogen) atoms. The average molecular weight is 398 g/mol. The van der Waals surface area contributed by atoms with E-state index in [9.17, 15) is 23.1 Å². The van der Waals surface area contributed by atoms with Crippen LogP contribution in [0.25, 0.3) is 0 Å². The van der Waals surface area contributed by atoms with Crippen LogP contribution < -0.4 is 10.6 Å². The molecule has 2 aliphatic heterocycles. The molecule has 0 bridgehead atoms. The van der Waals surface area contributed by atoms with Crippen molar-refractivity contribution in [2.24, 2.45) is 10.4 Å². The highest BCUT2D eigenvalue weighted by atomic mass is 19.4.